The van der Waals surface area contributed by atoms with Gasteiger partial charge in [-0.25, -0.2) is 24.4 Å². The Labute approximate surface area is 266 Å². The molecule has 0 N–H and O–H groups in total. The molecule has 9 nitrogen and oxygen atoms in total. The molecule has 1 heterocycles. The molecule has 0 aliphatic heterocycles. The van der Waals surface area contributed by atoms with Gasteiger partial charge in [-0.05, 0) is 63.6 Å². The second-order valence-corrected chi connectivity index (χ2v) is 11.3. The summed E-state index contributed by atoms with van der Waals surface area (Å²) in [7, 11) is 0. The predicted molar refractivity (Wildman–Crippen MR) is 172 cm³/mol. The van der Waals surface area contributed by atoms with E-state index in [0.717, 1.165) is 18.4 Å². The van der Waals surface area contributed by atoms with E-state index in [-0.39, 0.29) is 17.4 Å². The average Bonchev–Trinajstić information content (AvgIpc) is 3.04. The number of nitrogens with zero attached hydrogens (tertiary/aromatic N) is 2. The summed E-state index contributed by atoms with van der Waals surface area (Å²) in [5.41, 5.74) is 2.02. The SMILES string of the molecule is CCCCCCCCCCCCOc1cnc(-c2ccc(C(=O)Oc3ccc(C(=O)O[C@@H](C)C(=O)OC(C)C)cc3)cc2)cn1. The maximum atomic E-state index is 12.7. The molecule has 1 atom stereocenters. The number of benzene rings is 2. The molecule has 242 valence electrons. The molecule has 0 saturated carbocycles. The minimum absolute atomic E-state index is 0.208. The fourth-order valence-corrected chi connectivity index (χ4v) is 4.51. The van der Waals surface area contributed by atoms with E-state index in [1.54, 1.807) is 50.5 Å². The number of hydrogen-bond donors (Lipinski definition) is 0. The molecular weight excluding hydrogens is 572 g/mol. The van der Waals surface area contributed by atoms with Crippen LogP contribution >= 0.6 is 0 Å². The first-order valence-electron chi connectivity index (χ1n) is 16.1. The topological polar surface area (TPSA) is 114 Å². The molecule has 0 spiro atoms. The first-order chi connectivity index (χ1) is 21.8. The molecule has 3 rings (SSSR count). The van der Waals surface area contributed by atoms with E-state index in [0.29, 0.717) is 23.7 Å². The lowest BCUT2D eigenvalue weighted by molar-refractivity contribution is -0.156. The van der Waals surface area contributed by atoms with Gasteiger partial charge in [0.05, 0.1) is 41.9 Å². The molecule has 0 bridgehead atoms. The van der Waals surface area contributed by atoms with Crippen molar-refractivity contribution in [1.82, 2.24) is 9.97 Å². The third kappa shape index (κ3) is 12.7. The van der Waals surface area contributed by atoms with Crippen molar-refractivity contribution in [3.63, 3.8) is 0 Å². The predicted octanol–water partition coefficient (Wildman–Crippen LogP) is 8.16. The smallest absolute Gasteiger partial charge is 0.347 e. The fraction of sp³-hybridized carbons (Fsp3) is 0.472. The number of ether oxygens (including phenoxy) is 4. The summed E-state index contributed by atoms with van der Waals surface area (Å²) in [5, 5.41) is 0. The van der Waals surface area contributed by atoms with Crippen molar-refractivity contribution >= 4 is 17.9 Å². The summed E-state index contributed by atoms with van der Waals surface area (Å²) < 4.78 is 21.4. The molecule has 9 heteroatoms. The van der Waals surface area contributed by atoms with Crippen LogP contribution in [0.1, 0.15) is 113 Å². The highest BCUT2D eigenvalue weighted by Gasteiger charge is 2.21. The summed E-state index contributed by atoms with van der Waals surface area (Å²) in [5.74, 6) is -1.11. The van der Waals surface area contributed by atoms with Gasteiger partial charge in [0.2, 0.25) is 5.88 Å². The van der Waals surface area contributed by atoms with E-state index < -0.39 is 24.0 Å². The number of aromatic nitrogens is 2. The number of hydrogen-bond acceptors (Lipinski definition) is 9. The molecule has 0 radical (unpaired) electrons. The van der Waals surface area contributed by atoms with Crippen LogP contribution < -0.4 is 9.47 Å². The Balaban J connectivity index is 1.39. The van der Waals surface area contributed by atoms with Crippen LogP contribution in [0.3, 0.4) is 0 Å². The Morgan fingerprint density at radius 3 is 1.82 bits per heavy atom. The summed E-state index contributed by atoms with van der Waals surface area (Å²) in [4.78, 5) is 45.7. The van der Waals surface area contributed by atoms with Crippen molar-refractivity contribution in [3.05, 3.63) is 72.1 Å². The molecule has 0 unspecified atom stereocenters. The maximum absolute atomic E-state index is 12.7. The van der Waals surface area contributed by atoms with Crippen LogP contribution in [0.25, 0.3) is 11.3 Å². The molecule has 0 amide bonds. The van der Waals surface area contributed by atoms with Gasteiger partial charge in [0.1, 0.15) is 5.75 Å². The van der Waals surface area contributed by atoms with Crippen LogP contribution in [-0.2, 0) is 14.3 Å². The fourth-order valence-electron chi connectivity index (χ4n) is 4.51. The number of carbonyl (C=O) groups excluding carboxylic acids is 3. The lowest BCUT2D eigenvalue weighted by Gasteiger charge is -2.14. The monoisotopic (exact) mass is 618 g/mol. The van der Waals surface area contributed by atoms with Crippen LogP contribution in [0.15, 0.2) is 60.9 Å². The average molecular weight is 619 g/mol. The van der Waals surface area contributed by atoms with E-state index in [1.807, 2.05) is 0 Å². The Hall–Kier alpha value is -4.27. The number of rotatable bonds is 19. The zero-order valence-corrected chi connectivity index (χ0v) is 27.0. The third-order valence-corrected chi connectivity index (χ3v) is 7.06. The van der Waals surface area contributed by atoms with Gasteiger partial charge in [0.25, 0.3) is 0 Å². The zero-order valence-electron chi connectivity index (χ0n) is 27.0. The van der Waals surface area contributed by atoms with Crippen molar-refractivity contribution in [2.24, 2.45) is 0 Å². The standard InChI is InChI=1S/C36H46N2O7/c1-5-6-7-8-9-10-11-12-13-14-23-42-33-25-37-32(24-38-33)28-15-17-29(18-16-28)36(41)45-31-21-19-30(20-22-31)35(40)44-27(4)34(39)43-26(2)3/h15-22,24-27H,5-14,23H2,1-4H3/t27-/m0/s1. The highest BCUT2D eigenvalue weighted by molar-refractivity contribution is 5.93. The lowest BCUT2D eigenvalue weighted by Crippen LogP contribution is -2.28. The molecule has 0 fully saturated rings. The number of carbonyl (C=O) groups is 3. The largest absolute Gasteiger partial charge is 0.477 e. The molecule has 2 aromatic carbocycles. The molecule has 1 aromatic heterocycles. The van der Waals surface area contributed by atoms with E-state index >= 15 is 0 Å². The van der Waals surface area contributed by atoms with Gasteiger partial charge < -0.3 is 18.9 Å². The quantitative estimate of drug-likeness (QED) is 0.0745. The first-order valence-corrected chi connectivity index (χ1v) is 16.1. The maximum Gasteiger partial charge on any atom is 0.347 e. The summed E-state index contributed by atoms with van der Waals surface area (Å²) in [6.45, 7) is 7.74. The van der Waals surface area contributed by atoms with Gasteiger partial charge in [-0.2, -0.15) is 0 Å². The normalized spacial score (nSPS) is 11.6. The van der Waals surface area contributed by atoms with Gasteiger partial charge in [-0.3, -0.25) is 0 Å². The van der Waals surface area contributed by atoms with Crippen LogP contribution in [-0.4, -0.2) is 46.7 Å². The van der Waals surface area contributed by atoms with E-state index in [1.165, 1.54) is 82.6 Å². The van der Waals surface area contributed by atoms with Gasteiger partial charge in [-0.1, -0.05) is 76.8 Å². The minimum Gasteiger partial charge on any atom is -0.477 e. The summed E-state index contributed by atoms with van der Waals surface area (Å²) in [6, 6.07) is 12.7. The number of unbranched alkanes of at least 4 members (excludes halogenated alkanes) is 9. The number of esters is 3. The third-order valence-electron chi connectivity index (χ3n) is 7.06. The van der Waals surface area contributed by atoms with Gasteiger partial charge in [0, 0.05) is 5.56 Å². The Bertz CT molecular complexity index is 1320. The summed E-state index contributed by atoms with van der Waals surface area (Å²) >= 11 is 0. The zero-order chi connectivity index (χ0) is 32.4. The van der Waals surface area contributed by atoms with Crippen LogP contribution in [0.4, 0.5) is 0 Å². The highest BCUT2D eigenvalue weighted by Crippen LogP contribution is 2.20. The minimum atomic E-state index is -1.04. The van der Waals surface area contributed by atoms with Gasteiger partial charge >= 0.3 is 17.9 Å². The molecule has 0 aliphatic carbocycles. The second kappa shape index (κ2) is 19.2. The van der Waals surface area contributed by atoms with E-state index in [9.17, 15) is 14.4 Å². The van der Waals surface area contributed by atoms with Crippen LogP contribution in [0.5, 0.6) is 11.6 Å². The molecule has 45 heavy (non-hydrogen) atoms. The van der Waals surface area contributed by atoms with Gasteiger partial charge in [-0.15, -0.1) is 0 Å². The second-order valence-electron chi connectivity index (χ2n) is 11.3. The Morgan fingerprint density at radius 2 is 1.24 bits per heavy atom. The van der Waals surface area contributed by atoms with E-state index in [2.05, 4.69) is 16.9 Å². The highest BCUT2D eigenvalue weighted by atomic mass is 16.6. The van der Waals surface area contributed by atoms with E-state index in [4.69, 9.17) is 18.9 Å². The molecular formula is C36H46N2O7. The lowest BCUT2D eigenvalue weighted by atomic mass is 10.1. The van der Waals surface area contributed by atoms with Crippen molar-refractivity contribution < 1.29 is 33.3 Å². The Morgan fingerprint density at radius 1 is 0.667 bits per heavy atom. The Kier molecular flexibility index (Phi) is 15.0. The van der Waals surface area contributed by atoms with Crippen molar-refractivity contribution in [2.45, 2.75) is 104 Å². The molecule has 3 aromatic rings. The molecule has 0 aliphatic rings. The van der Waals surface area contributed by atoms with Crippen LogP contribution in [0, 0.1) is 0 Å². The van der Waals surface area contributed by atoms with Gasteiger partial charge in [0.15, 0.2) is 6.10 Å². The molecule has 0 saturated heterocycles. The summed E-state index contributed by atoms with van der Waals surface area (Å²) in [6.07, 6.45) is 14.7. The van der Waals surface area contributed by atoms with Crippen LogP contribution in [0.2, 0.25) is 0 Å². The van der Waals surface area contributed by atoms with Crippen molar-refractivity contribution in [2.75, 3.05) is 6.61 Å². The van der Waals surface area contributed by atoms with Crippen molar-refractivity contribution in [1.29, 1.82) is 0 Å². The first kappa shape index (κ1) is 35.2. The van der Waals surface area contributed by atoms with Crippen molar-refractivity contribution in [3.8, 4) is 22.9 Å².